The standard InChI is InChI=1S/C15H28N2O2/c18-12-14-8-3-4-10-17(14)11-5-9-16-15(19)13-6-1-2-7-13/h13-14,18H,1-12H2,(H,16,19). The maximum absolute atomic E-state index is 11.9. The average molecular weight is 268 g/mol. The molecule has 0 aromatic carbocycles. The molecule has 0 bridgehead atoms. The van der Waals surface area contributed by atoms with Gasteiger partial charge in [-0.1, -0.05) is 19.3 Å². The van der Waals surface area contributed by atoms with Crippen LogP contribution >= 0.6 is 0 Å². The van der Waals surface area contributed by atoms with E-state index in [-0.39, 0.29) is 18.4 Å². The molecule has 4 nitrogen and oxygen atoms in total. The normalized spacial score (nSPS) is 25.6. The van der Waals surface area contributed by atoms with Gasteiger partial charge in [0.2, 0.25) is 5.91 Å². The van der Waals surface area contributed by atoms with Crippen molar-refractivity contribution < 1.29 is 9.90 Å². The highest BCUT2D eigenvalue weighted by atomic mass is 16.3. The summed E-state index contributed by atoms with van der Waals surface area (Å²) in [5.41, 5.74) is 0. The second-order valence-corrected chi connectivity index (χ2v) is 5.99. The van der Waals surface area contributed by atoms with Crippen LogP contribution < -0.4 is 5.32 Å². The highest BCUT2D eigenvalue weighted by molar-refractivity contribution is 5.78. The van der Waals surface area contributed by atoms with Crippen molar-refractivity contribution in [1.82, 2.24) is 10.2 Å². The minimum absolute atomic E-state index is 0.259. The molecule has 1 saturated carbocycles. The fraction of sp³-hybridized carbons (Fsp3) is 0.933. The summed E-state index contributed by atoms with van der Waals surface area (Å²) in [6.45, 7) is 3.15. The van der Waals surface area contributed by atoms with Gasteiger partial charge < -0.3 is 10.4 Å². The van der Waals surface area contributed by atoms with Gasteiger partial charge in [-0.05, 0) is 38.6 Å². The van der Waals surface area contributed by atoms with Gasteiger partial charge in [0, 0.05) is 25.0 Å². The minimum Gasteiger partial charge on any atom is -0.395 e. The third-order valence-electron chi connectivity index (χ3n) is 4.61. The van der Waals surface area contributed by atoms with Crippen molar-refractivity contribution in [2.24, 2.45) is 5.92 Å². The predicted octanol–water partition coefficient (Wildman–Crippen LogP) is 1.53. The first-order valence-corrected chi connectivity index (χ1v) is 7.94. The number of aliphatic hydroxyl groups is 1. The van der Waals surface area contributed by atoms with E-state index in [1.807, 2.05) is 0 Å². The molecule has 110 valence electrons. The summed E-state index contributed by atoms with van der Waals surface area (Å²) >= 11 is 0. The average Bonchev–Trinajstić information content (AvgIpc) is 2.98. The van der Waals surface area contributed by atoms with E-state index in [1.54, 1.807) is 0 Å². The molecule has 19 heavy (non-hydrogen) atoms. The van der Waals surface area contributed by atoms with Gasteiger partial charge in [0.1, 0.15) is 0 Å². The Morgan fingerprint density at radius 2 is 1.89 bits per heavy atom. The van der Waals surface area contributed by atoms with Gasteiger partial charge in [-0.25, -0.2) is 0 Å². The second kappa shape index (κ2) is 7.85. The van der Waals surface area contributed by atoms with Gasteiger partial charge in [-0.2, -0.15) is 0 Å². The molecule has 2 fully saturated rings. The van der Waals surface area contributed by atoms with E-state index in [1.165, 1.54) is 25.7 Å². The largest absolute Gasteiger partial charge is 0.395 e. The number of carbonyl (C=O) groups excluding carboxylic acids is 1. The summed E-state index contributed by atoms with van der Waals surface area (Å²) in [6.07, 6.45) is 9.16. The van der Waals surface area contributed by atoms with Gasteiger partial charge in [-0.15, -0.1) is 0 Å². The van der Waals surface area contributed by atoms with E-state index >= 15 is 0 Å². The van der Waals surface area contributed by atoms with Crippen molar-refractivity contribution >= 4 is 5.91 Å². The van der Waals surface area contributed by atoms with E-state index in [9.17, 15) is 9.90 Å². The van der Waals surface area contributed by atoms with Crippen molar-refractivity contribution in [3.05, 3.63) is 0 Å². The fourth-order valence-corrected chi connectivity index (χ4v) is 3.39. The molecule has 1 aliphatic heterocycles. The number of aliphatic hydroxyl groups excluding tert-OH is 1. The molecule has 2 N–H and O–H groups in total. The molecule has 0 aromatic heterocycles. The lowest BCUT2D eigenvalue weighted by Crippen LogP contribution is -2.43. The smallest absolute Gasteiger partial charge is 0.223 e. The summed E-state index contributed by atoms with van der Waals surface area (Å²) < 4.78 is 0. The van der Waals surface area contributed by atoms with E-state index < -0.39 is 0 Å². The molecule has 4 heteroatoms. The molecule has 0 radical (unpaired) electrons. The Hall–Kier alpha value is -0.610. The molecule has 1 atom stereocenters. The lowest BCUT2D eigenvalue weighted by molar-refractivity contribution is -0.124. The summed E-state index contributed by atoms with van der Waals surface area (Å²) in [6, 6.07) is 0.347. The third kappa shape index (κ3) is 4.46. The third-order valence-corrected chi connectivity index (χ3v) is 4.61. The van der Waals surface area contributed by atoms with Crippen molar-refractivity contribution in [3.63, 3.8) is 0 Å². The topological polar surface area (TPSA) is 52.6 Å². The SMILES string of the molecule is O=C(NCCCN1CCCCC1CO)C1CCCC1. The monoisotopic (exact) mass is 268 g/mol. The number of hydrogen-bond acceptors (Lipinski definition) is 3. The van der Waals surface area contributed by atoms with Gasteiger partial charge in [-0.3, -0.25) is 9.69 Å². The molecule has 1 unspecified atom stereocenters. The van der Waals surface area contributed by atoms with Crippen LogP contribution in [0.25, 0.3) is 0 Å². The van der Waals surface area contributed by atoms with Crippen LogP contribution in [0.15, 0.2) is 0 Å². The number of nitrogens with zero attached hydrogens (tertiary/aromatic N) is 1. The first-order valence-electron chi connectivity index (χ1n) is 7.94. The van der Waals surface area contributed by atoms with Gasteiger partial charge in [0.15, 0.2) is 0 Å². The van der Waals surface area contributed by atoms with Gasteiger partial charge in [0.05, 0.1) is 6.61 Å². The molecule has 0 aromatic rings. The maximum atomic E-state index is 11.9. The van der Waals surface area contributed by atoms with Crippen molar-refractivity contribution in [1.29, 1.82) is 0 Å². The highest BCUT2D eigenvalue weighted by Crippen LogP contribution is 2.24. The lowest BCUT2D eigenvalue weighted by Gasteiger charge is -2.34. The summed E-state index contributed by atoms with van der Waals surface area (Å²) in [7, 11) is 0. The predicted molar refractivity (Wildman–Crippen MR) is 75.9 cm³/mol. The Bertz CT molecular complexity index is 277. The zero-order chi connectivity index (χ0) is 13.5. The van der Waals surface area contributed by atoms with E-state index in [0.717, 1.165) is 45.3 Å². The fourth-order valence-electron chi connectivity index (χ4n) is 3.39. The van der Waals surface area contributed by atoms with Crippen LogP contribution in [-0.2, 0) is 4.79 Å². The second-order valence-electron chi connectivity index (χ2n) is 5.99. The van der Waals surface area contributed by atoms with Gasteiger partial charge in [0.25, 0.3) is 0 Å². The number of nitrogens with one attached hydrogen (secondary N) is 1. The van der Waals surface area contributed by atoms with Crippen LogP contribution in [0, 0.1) is 5.92 Å². The Balaban J connectivity index is 1.59. The van der Waals surface area contributed by atoms with Crippen LogP contribution in [0.3, 0.4) is 0 Å². The van der Waals surface area contributed by atoms with Crippen LogP contribution in [0.1, 0.15) is 51.4 Å². The van der Waals surface area contributed by atoms with Gasteiger partial charge >= 0.3 is 0 Å². The molecular weight excluding hydrogens is 240 g/mol. The van der Waals surface area contributed by atoms with Crippen molar-refractivity contribution in [3.8, 4) is 0 Å². The van der Waals surface area contributed by atoms with E-state index in [4.69, 9.17) is 0 Å². The number of amides is 1. The quantitative estimate of drug-likeness (QED) is 0.718. The van der Waals surface area contributed by atoms with Crippen LogP contribution in [0.2, 0.25) is 0 Å². The summed E-state index contributed by atoms with van der Waals surface area (Å²) in [5.74, 6) is 0.537. The van der Waals surface area contributed by atoms with Crippen LogP contribution in [0.5, 0.6) is 0 Å². The van der Waals surface area contributed by atoms with Crippen molar-refractivity contribution in [2.45, 2.75) is 57.4 Å². The molecule has 2 rings (SSSR count). The summed E-state index contributed by atoms with van der Waals surface area (Å²) in [5, 5.41) is 12.4. The Morgan fingerprint density at radius 3 is 2.63 bits per heavy atom. The first-order chi connectivity index (χ1) is 9.31. The zero-order valence-electron chi connectivity index (χ0n) is 11.9. The maximum Gasteiger partial charge on any atom is 0.223 e. The van der Waals surface area contributed by atoms with Crippen LogP contribution in [0.4, 0.5) is 0 Å². The number of piperidine rings is 1. The molecular formula is C15H28N2O2. The Labute approximate surface area is 116 Å². The number of hydrogen-bond donors (Lipinski definition) is 2. The Morgan fingerprint density at radius 1 is 1.16 bits per heavy atom. The lowest BCUT2D eigenvalue weighted by atomic mass is 10.0. The molecule has 0 spiro atoms. The molecule has 2 aliphatic rings. The number of carbonyl (C=O) groups is 1. The highest BCUT2D eigenvalue weighted by Gasteiger charge is 2.23. The van der Waals surface area contributed by atoms with E-state index in [2.05, 4.69) is 10.2 Å². The summed E-state index contributed by atoms with van der Waals surface area (Å²) in [4.78, 5) is 14.2. The molecule has 1 aliphatic carbocycles. The molecule has 1 saturated heterocycles. The number of rotatable bonds is 6. The molecule has 1 amide bonds. The van der Waals surface area contributed by atoms with Crippen LogP contribution in [-0.4, -0.2) is 48.2 Å². The molecule has 1 heterocycles. The van der Waals surface area contributed by atoms with E-state index in [0.29, 0.717) is 6.04 Å². The first kappa shape index (κ1) is 14.8. The number of likely N-dealkylation sites (tertiary alicyclic amines) is 1. The Kier molecular flexibility index (Phi) is 6.11. The van der Waals surface area contributed by atoms with Crippen molar-refractivity contribution in [2.75, 3.05) is 26.2 Å². The minimum atomic E-state index is 0.259. The zero-order valence-corrected chi connectivity index (χ0v) is 11.9.